The van der Waals surface area contributed by atoms with Crippen LogP contribution in [-0.4, -0.2) is 65.1 Å². The summed E-state index contributed by atoms with van der Waals surface area (Å²) in [6.45, 7) is 2.60. The molecular formula is C20H27N5O4S2. The molecule has 0 bridgehead atoms. The fraction of sp³-hybridized carbons (Fsp3) is 0.550. The van der Waals surface area contributed by atoms with E-state index in [1.807, 2.05) is 0 Å². The van der Waals surface area contributed by atoms with Gasteiger partial charge in [-0.05, 0) is 37.5 Å². The maximum atomic E-state index is 12.9. The molecule has 2 aromatic rings. The highest BCUT2D eigenvalue weighted by atomic mass is 32.2. The highest BCUT2D eigenvalue weighted by Crippen LogP contribution is 2.35. The first kappa shape index (κ1) is 22.0. The fourth-order valence-electron chi connectivity index (χ4n) is 4.07. The SMILES string of the molecule is Cc1ccc(O)c(S(=O)(=O)N2CCN(C(=O)Nc3nnc(C4CCCCC4)s3)CC2)c1. The Labute approximate surface area is 186 Å². The van der Waals surface area contributed by atoms with Crippen molar-refractivity contribution in [3.05, 3.63) is 28.8 Å². The number of aromatic hydroxyl groups is 1. The van der Waals surface area contributed by atoms with Crippen molar-refractivity contribution in [2.24, 2.45) is 0 Å². The van der Waals surface area contributed by atoms with E-state index in [0.717, 1.165) is 23.4 Å². The van der Waals surface area contributed by atoms with Crippen molar-refractivity contribution in [1.29, 1.82) is 0 Å². The first-order chi connectivity index (χ1) is 14.8. The van der Waals surface area contributed by atoms with Gasteiger partial charge >= 0.3 is 6.03 Å². The number of carbonyl (C=O) groups is 1. The lowest BCUT2D eigenvalue weighted by Gasteiger charge is -2.33. The van der Waals surface area contributed by atoms with E-state index in [1.54, 1.807) is 17.9 Å². The lowest BCUT2D eigenvalue weighted by atomic mass is 9.90. The maximum absolute atomic E-state index is 12.9. The van der Waals surface area contributed by atoms with E-state index in [-0.39, 0.29) is 42.9 Å². The number of carbonyl (C=O) groups excluding carboxylic acids is 1. The molecule has 1 saturated carbocycles. The molecule has 2 amide bonds. The Morgan fingerprint density at radius 3 is 2.55 bits per heavy atom. The number of rotatable bonds is 4. The van der Waals surface area contributed by atoms with Crippen LogP contribution in [0.3, 0.4) is 0 Å². The Hall–Kier alpha value is -2.24. The van der Waals surface area contributed by atoms with E-state index >= 15 is 0 Å². The monoisotopic (exact) mass is 465 g/mol. The quantitative estimate of drug-likeness (QED) is 0.717. The van der Waals surface area contributed by atoms with Gasteiger partial charge in [0, 0.05) is 32.1 Å². The van der Waals surface area contributed by atoms with Gasteiger partial charge in [0.2, 0.25) is 15.2 Å². The number of phenols is 1. The molecule has 0 radical (unpaired) electrons. The third-order valence-corrected chi connectivity index (χ3v) is 8.80. The van der Waals surface area contributed by atoms with Gasteiger partial charge in [-0.2, -0.15) is 4.31 Å². The van der Waals surface area contributed by atoms with Crippen molar-refractivity contribution in [3.8, 4) is 5.75 Å². The van der Waals surface area contributed by atoms with E-state index in [4.69, 9.17) is 0 Å². The molecule has 1 aromatic heterocycles. The number of aromatic nitrogens is 2. The normalized spacial score (nSPS) is 18.8. The second-order valence-corrected chi connectivity index (χ2v) is 11.0. The zero-order chi connectivity index (χ0) is 22.0. The minimum atomic E-state index is -3.83. The van der Waals surface area contributed by atoms with Crippen LogP contribution in [0.4, 0.5) is 9.93 Å². The molecule has 11 heteroatoms. The third kappa shape index (κ3) is 4.83. The summed E-state index contributed by atoms with van der Waals surface area (Å²) in [7, 11) is -3.83. The molecule has 1 aromatic carbocycles. The molecular weight excluding hydrogens is 438 g/mol. The van der Waals surface area contributed by atoms with Crippen LogP contribution in [0.15, 0.2) is 23.1 Å². The minimum Gasteiger partial charge on any atom is -0.507 e. The van der Waals surface area contributed by atoms with Gasteiger partial charge in [-0.15, -0.1) is 10.2 Å². The lowest BCUT2D eigenvalue weighted by Crippen LogP contribution is -2.51. The van der Waals surface area contributed by atoms with Crippen LogP contribution < -0.4 is 5.32 Å². The molecule has 2 aliphatic rings. The van der Waals surface area contributed by atoms with Crippen molar-refractivity contribution < 1.29 is 18.3 Å². The number of hydrogen-bond donors (Lipinski definition) is 2. The van der Waals surface area contributed by atoms with Crippen LogP contribution in [0.5, 0.6) is 5.75 Å². The Kier molecular flexibility index (Phi) is 6.44. The summed E-state index contributed by atoms with van der Waals surface area (Å²) in [5, 5.41) is 22.6. The number of urea groups is 1. The summed E-state index contributed by atoms with van der Waals surface area (Å²) in [6, 6.07) is 4.20. The molecule has 1 aliphatic heterocycles. The van der Waals surface area contributed by atoms with Crippen LogP contribution in [0.1, 0.15) is 48.6 Å². The Morgan fingerprint density at radius 1 is 1.13 bits per heavy atom. The van der Waals surface area contributed by atoms with Crippen molar-refractivity contribution in [2.75, 3.05) is 31.5 Å². The van der Waals surface area contributed by atoms with Gasteiger partial charge in [-0.25, -0.2) is 13.2 Å². The second-order valence-electron chi connectivity index (χ2n) is 8.07. The summed E-state index contributed by atoms with van der Waals surface area (Å²) < 4.78 is 27.1. The van der Waals surface area contributed by atoms with E-state index in [9.17, 15) is 18.3 Å². The van der Waals surface area contributed by atoms with Crippen LogP contribution in [0.25, 0.3) is 0 Å². The summed E-state index contributed by atoms with van der Waals surface area (Å²) in [6.07, 6.45) is 5.92. The van der Waals surface area contributed by atoms with Crippen molar-refractivity contribution >= 4 is 32.5 Å². The summed E-state index contributed by atoms with van der Waals surface area (Å²) in [5.74, 6) is 0.166. The van der Waals surface area contributed by atoms with Gasteiger partial charge in [0.15, 0.2) is 0 Å². The number of nitrogens with one attached hydrogen (secondary N) is 1. The summed E-state index contributed by atoms with van der Waals surface area (Å²) in [5.41, 5.74) is 0.749. The van der Waals surface area contributed by atoms with E-state index in [0.29, 0.717) is 11.0 Å². The molecule has 0 atom stereocenters. The number of nitrogens with zero attached hydrogens (tertiary/aromatic N) is 4. The topological polar surface area (TPSA) is 116 Å². The van der Waals surface area contributed by atoms with Crippen molar-refractivity contribution in [1.82, 2.24) is 19.4 Å². The second kappa shape index (κ2) is 9.09. The van der Waals surface area contributed by atoms with Gasteiger partial charge in [0.25, 0.3) is 0 Å². The molecule has 1 aliphatic carbocycles. The molecule has 2 heterocycles. The van der Waals surface area contributed by atoms with E-state index in [2.05, 4.69) is 15.5 Å². The Balaban J connectivity index is 1.35. The molecule has 31 heavy (non-hydrogen) atoms. The number of amides is 2. The van der Waals surface area contributed by atoms with Crippen LogP contribution >= 0.6 is 11.3 Å². The number of phenolic OH excluding ortho intramolecular Hbond substituents is 1. The van der Waals surface area contributed by atoms with Crippen LogP contribution in [-0.2, 0) is 10.0 Å². The highest BCUT2D eigenvalue weighted by molar-refractivity contribution is 7.89. The number of hydrogen-bond acceptors (Lipinski definition) is 7. The number of sulfonamides is 1. The van der Waals surface area contributed by atoms with E-state index < -0.39 is 10.0 Å². The molecule has 9 nitrogen and oxygen atoms in total. The van der Waals surface area contributed by atoms with Gasteiger partial charge in [0.1, 0.15) is 15.7 Å². The molecule has 2 fully saturated rings. The third-order valence-electron chi connectivity index (χ3n) is 5.87. The number of anilines is 1. The van der Waals surface area contributed by atoms with E-state index in [1.165, 1.54) is 47.0 Å². The lowest BCUT2D eigenvalue weighted by molar-refractivity contribution is 0.184. The number of piperazine rings is 1. The fourth-order valence-corrected chi connectivity index (χ4v) is 6.56. The molecule has 1 saturated heterocycles. The first-order valence-corrected chi connectivity index (χ1v) is 12.8. The predicted octanol–water partition coefficient (Wildman–Crippen LogP) is 3.14. The average Bonchev–Trinajstić information content (AvgIpc) is 3.24. The summed E-state index contributed by atoms with van der Waals surface area (Å²) >= 11 is 1.42. The van der Waals surface area contributed by atoms with Gasteiger partial charge in [-0.3, -0.25) is 5.32 Å². The Bertz CT molecular complexity index is 1040. The average molecular weight is 466 g/mol. The van der Waals surface area contributed by atoms with Gasteiger partial charge in [-0.1, -0.05) is 36.7 Å². The largest absolute Gasteiger partial charge is 0.507 e. The van der Waals surface area contributed by atoms with Gasteiger partial charge < -0.3 is 10.0 Å². The molecule has 0 spiro atoms. The predicted molar refractivity (Wildman–Crippen MR) is 118 cm³/mol. The molecule has 2 N–H and O–H groups in total. The molecule has 4 rings (SSSR count). The van der Waals surface area contributed by atoms with Gasteiger partial charge in [0.05, 0.1) is 0 Å². The smallest absolute Gasteiger partial charge is 0.323 e. The maximum Gasteiger partial charge on any atom is 0.323 e. The number of aryl methyl sites for hydroxylation is 1. The number of benzene rings is 1. The summed E-state index contributed by atoms with van der Waals surface area (Å²) in [4.78, 5) is 14.1. The highest BCUT2D eigenvalue weighted by Gasteiger charge is 2.32. The standard InChI is InChI=1S/C20H27N5O4S2/c1-14-7-8-16(26)17(13-14)31(28,29)25-11-9-24(10-12-25)20(27)21-19-23-22-18(30-19)15-5-3-2-4-6-15/h7-8,13,15,26H,2-6,9-12H2,1H3,(H,21,23,27). The van der Waals surface area contributed by atoms with Crippen LogP contribution in [0, 0.1) is 6.92 Å². The Morgan fingerprint density at radius 2 is 1.84 bits per heavy atom. The minimum absolute atomic E-state index is 0.102. The zero-order valence-electron chi connectivity index (χ0n) is 17.5. The first-order valence-electron chi connectivity index (χ1n) is 10.5. The molecule has 168 valence electrons. The van der Waals surface area contributed by atoms with Crippen molar-refractivity contribution in [3.63, 3.8) is 0 Å². The molecule has 0 unspecified atom stereocenters. The zero-order valence-corrected chi connectivity index (χ0v) is 19.1. The van der Waals surface area contributed by atoms with Crippen molar-refractivity contribution in [2.45, 2.75) is 49.8 Å². The van der Waals surface area contributed by atoms with Crippen LogP contribution in [0.2, 0.25) is 0 Å².